The molecule has 0 unspecified atom stereocenters. The van der Waals surface area contributed by atoms with Gasteiger partial charge in [0.2, 0.25) is 11.6 Å². The first-order chi connectivity index (χ1) is 13.9. The Hall–Kier alpha value is -3.04. The summed E-state index contributed by atoms with van der Waals surface area (Å²) >= 11 is 0. The van der Waals surface area contributed by atoms with Crippen LogP contribution >= 0.6 is 0 Å². The van der Waals surface area contributed by atoms with Gasteiger partial charge in [0.15, 0.2) is 46.5 Å². The Morgan fingerprint density at radius 2 is 0.600 bits per heavy atom. The molecule has 0 aromatic heterocycles. The zero-order valence-corrected chi connectivity index (χ0v) is 14.9. The minimum Gasteiger partial charge on any atom is -0.203 e. The van der Waals surface area contributed by atoms with Gasteiger partial charge >= 0.3 is 0 Å². The van der Waals surface area contributed by atoms with Crippen molar-refractivity contribution in [2.24, 2.45) is 0 Å². The topological polar surface area (TPSA) is 0 Å². The summed E-state index contributed by atoms with van der Waals surface area (Å²) < 4.78 is 138. The van der Waals surface area contributed by atoms with Gasteiger partial charge in [0.1, 0.15) is 0 Å². The van der Waals surface area contributed by atoms with Gasteiger partial charge in [0.05, 0.1) is 11.1 Å². The van der Waals surface area contributed by atoms with Crippen LogP contribution in [0.15, 0.2) is 12.1 Å². The predicted molar refractivity (Wildman–Crippen MR) is 86.4 cm³/mol. The largest absolute Gasteiger partial charge is 0.203 e. The molecule has 0 bridgehead atoms. The minimum atomic E-state index is -2.42. The summed E-state index contributed by atoms with van der Waals surface area (Å²) in [7, 11) is 0. The Balaban J connectivity index is 2.44. The van der Waals surface area contributed by atoms with Crippen LogP contribution in [0.3, 0.4) is 0 Å². The Morgan fingerprint density at radius 3 is 0.867 bits per heavy atom. The lowest BCUT2D eigenvalue weighted by molar-refractivity contribution is 0.381. The summed E-state index contributed by atoms with van der Waals surface area (Å²) in [5.74, 6) is -22.8. The third kappa shape index (κ3) is 3.01. The van der Waals surface area contributed by atoms with E-state index in [-0.39, 0.29) is 11.1 Å². The molecule has 3 rings (SSSR count). The third-order valence-electron chi connectivity index (χ3n) is 4.53. The van der Waals surface area contributed by atoms with Crippen LogP contribution in [0.4, 0.5) is 43.9 Å². The highest BCUT2D eigenvalue weighted by molar-refractivity contribution is 5.79. The molecule has 0 aliphatic rings. The summed E-state index contributed by atoms with van der Waals surface area (Å²) in [6.45, 7) is 2.39. The Morgan fingerprint density at radius 1 is 0.367 bits per heavy atom. The van der Waals surface area contributed by atoms with Crippen LogP contribution in [0.1, 0.15) is 11.1 Å². The fourth-order valence-electron chi connectivity index (χ4n) is 3.07. The van der Waals surface area contributed by atoms with Crippen LogP contribution < -0.4 is 0 Å². The van der Waals surface area contributed by atoms with Gasteiger partial charge in [-0.25, -0.2) is 43.9 Å². The zero-order valence-electron chi connectivity index (χ0n) is 14.9. The van der Waals surface area contributed by atoms with Crippen molar-refractivity contribution in [1.29, 1.82) is 0 Å². The summed E-state index contributed by atoms with van der Waals surface area (Å²) in [5, 5.41) is 0. The molecular formula is C20H8F10. The van der Waals surface area contributed by atoms with Crippen LogP contribution in [0.25, 0.3) is 22.3 Å². The SMILES string of the molecule is Cc1cc(C)c(-c2c(F)c(F)c(F)c(F)c2F)cc1-c1c(F)c(F)c(F)c(F)c1F. The van der Waals surface area contributed by atoms with Crippen molar-refractivity contribution in [3.05, 3.63) is 81.4 Å². The summed E-state index contributed by atoms with van der Waals surface area (Å²) in [6, 6.07) is 1.64. The molecule has 0 amide bonds. The van der Waals surface area contributed by atoms with Gasteiger partial charge in [0.25, 0.3) is 0 Å². The highest BCUT2D eigenvalue weighted by atomic mass is 19.2. The second kappa shape index (κ2) is 7.33. The van der Waals surface area contributed by atoms with E-state index in [4.69, 9.17) is 0 Å². The Kier molecular flexibility index (Phi) is 5.30. The number of benzene rings is 3. The van der Waals surface area contributed by atoms with Crippen molar-refractivity contribution in [2.45, 2.75) is 13.8 Å². The molecule has 0 atom stereocenters. The van der Waals surface area contributed by atoms with Crippen molar-refractivity contribution in [1.82, 2.24) is 0 Å². The smallest absolute Gasteiger partial charge is 0.200 e. The van der Waals surface area contributed by atoms with E-state index in [9.17, 15) is 43.9 Å². The maximum Gasteiger partial charge on any atom is 0.200 e. The molecule has 0 saturated heterocycles. The number of halogens is 10. The third-order valence-corrected chi connectivity index (χ3v) is 4.53. The quantitative estimate of drug-likeness (QED) is 0.229. The molecule has 158 valence electrons. The maximum atomic E-state index is 14.2. The monoisotopic (exact) mass is 438 g/mol. The van der Waals surface area contributed by atoms with E-state index in [2.05, 4.69) is 0 Å². The van der Waals surface area contributed by atoms with Crippen LogP contribution in [-0.4, -0.2) is 0 Å². The molecule has 3 aromatic rings. The minimum absolute atomic E-state index is 0.0802. The van der Waals surface area contributed by atoms with E-state index < -0.39 is 80.4 Å². The van der Waals surface area contributed by atoms with E-state index in [1.54, 1.807) is 0 Å². The first kappa shape index (κ1) is 21.7. The first-order valence-corrected chi connectivity index (χ1v) is 8.04. The summed E-state index contributed by atoms with van der Waals surface area (Å²) in [5.41, 5.74) is -4.35. The Labute approximate surface area is 162 Å². The average Bonchev–Trinajstić information content (AvgIpc) is 2.70. The fourth-order valence-corrected chi connectivity index (χ4v) is 3.07. The second-order valence-electron chi connectivity index (χ2n) is 6.37. The lowest BCUT2D eigenvalue weighted by atomic mass is 9.90. The van der Waals surface area contributed by atoms with Gasteiger partial charge in [-0.2, -0.15) is 0 Å². The highest BCUT2D eigenvalue weighted by Gasteiger charge is 2.30. The number of hydrogen-bond acceptors (Lipinski definition) is 0. The number of rotatable bonds is 2. The van der Waals surface area contributed by atoms with Crippen LogP contribution in [0, 0.1) is 72.0 Å². The van der Waals surface area contributed by atoms with Crippen molar-refractivity contribution in [3.63, 3.8) is 0 Å². The fraction of sp³-hybridized carbons (Fsp3) is 0.100. The normalized spacial score (nSPS) is 11.3. The number of aryl methyl sites for hydroxylation is 2. The van der Waals surface area contributed by atoms with Gasteiger partial charge in [-0.3, -0.25) is 0 Å². The average molecular weight is 438 g/mol. The van der Waals surface area contributed by atoms with Crippen LogP contribution in [-0.2, 0) is 0 Å². The first-order valence-electron chi connectivity index (χ1n) is 8.04. The highest BCUT2D eigenvalue weighted by Crippen LogP contribution is 2.39. The van der Waals surface area contributed by atoms with Crippen molar-refractivity contribution < 1.29 is 43.9 Å². The van der Waals surface area contributed by atoms with Gasteiger partial charge < -0.3 is 0 Å². The molecule has 0 radical (unpaired) electrons. The molecule has 30 heavy (non-hydrogen) atoms. The van der Waals surface area contributed by atoms with Crippen molar-refractivity contribution in [2.75, 3.05) is 0 Å². The van der Waals surface area contributed by atoms with Gasteiger partial charge in [-0.05, 0) is 42.2 Å². The lowest BCUT2D eigenvalue weighted by Gasteiger charge is -2.16. The number of hydrogen-bond donors (Lipinski definition) is 0. The molecular weight excluding hydrogens is 430 g/mol. The molecule has 0 aliphatic carbocycles. The van der Waals surface area contributed by atoms with E-state index in [0.717, 1.165) is 6.07 Å². The van der Waals surface area contributed by atoms with E-state index in [1.807, 2.05) is 0 Å². The predicted octanol–water partition coefficient (Wildman–Crippen LogP) is 7.03. The molecule has 0 N–H and O–H groups in total. The Bertz CT molecular complexity index is 1060. The molecule has 3 aromatic carbocycles. The molecule has 10 heteroatoms. The van der Waals surface area contributed by atoms with Crippen molar-refractivity contribution >= 4 is 0 Å². The maximum absolute atomic E-state index is 14.2. The zero-order chi connectivity index (χ0) is 22.7. The van der Waals surface area contributed by atoms with Crippen LogP contribution in [0.5, 0.6) is 0 Å². The standard InChI is InChI=1S/C20H8F10/c1-5-3-6(2)8(10-13(23)17(27)20(30)18(28)14(10)24)4-7(5)9-11(21)15(25)19(29)16(26)12(9)22/h3-4H,1-2H3. The van der Waals surface area contributed by atoms with Gasteiger partial charge in [-0.1, -0.05) is 6.07 Å². The van der Waals surface area contributed by atoms with Crippen molar-refractivity contribution in [3.8, 4) is 22.3 Å². The molecule has 0 spiro atoms. The lowest BCUT2D eigenvalue weighted by Crippen LogP contribution is -2.07. The molecule has 0 aliphatic heterocycles. The van der Waals surface area contributed by atoms with E-state index >= 15 is 0 Å². The van der Waals surface area contributed by atoms with Gasteiger partial charge in [-0.15, -0.1) is 0 Å². The molecule has 0 fully saturated rings. The molecule has 0 heterocycles. The molecule has 0 saturated carbocycles. The van der Waals surface area contributed by atoms with Gasteiger partial charge in [0, 0.05) is 0 Å². The summed E-state index contributed by atoms with van der Waals surface area (Å²) in [6.07, 6.45) is 0. The molecule has 0 nitrogen and oxygen atoms in total. The van der Waals surface area contributed by atoms with Crippen LogP contribution in [0.2, 0.25) is 0 Å². The summed E-state index contributed by atoms with van der Waals surface area (Å²) in [4.78, 5) is 0. The van der Waals surface area contributed by atoms with E-state index in [0.29, 0.717) is 6.07 Å². The van der Waals surface area contributed by atoms with E-state index in [1.165, 1.54) is 13.8 Å². The second-order valence-corrected chi connectivity index (χ2v) is 6.37.